The Morgan fingerprint density at radius 3 is 2.13 bits per heavy atom. The number of pyridine rings is 1. The van der Waals surface area contributed by atoms with E-state index in [-0.39, 0.29) is 23.9 Å². The standard InChI is InChI=1S/C18H22BNO3/c1-17(2)18(3,4)23-19(22-17)15-10-8-14(9-11-15)13-20-12-6-5-7-16(20)21/h5-12H,13H2,1-4H3. The van der Waals surface area contributed by atoms with Gasteiger partial charge < -0.3 is 13.9 Å². The molecule has 0 aliphatic carbocycles. The van der Waals surface area contributed by atoms with Gasteiger partial charge >= 0.3 is 7.12 Å². The molecule has 1 aromatic carbocycles. The first-order valence-corrected chi connectivity index (χ1v) is 7.88. The van der Waals surface area contributed by atoms with Crippen LogP contribution >= 0.6 is 0 Å². The maximum Gasteiger partial charge on any atom is 0.494 e. The summed E-state index contributed by atoms with van der Waals surface area (Å²) < 4.78 is 13.8. The van der Waals surface area contributed by atoms with Gasteiger partial charge in [0.15, 0.2) is 0 Å². The van der Waals surface area contributed by atoms with E-state index in [2.05, 4.69) is 0 Å². The summed E-state index contributed by atoms with van der Waals surface area (Å²) in [6.07, 6.45) is 1.80. The molecule has 0 bridgehead atoms. The lowest BCUT2D eigenvalue weighted by Gasteiger charge is -2.32. The quantitative estimate of drug-likeness (QED) is 0.816. The van der Waals surface area contributed by atoms with E-state index in [0.29, 0.717) is 6.54 Å². The highest BCUT2D eigenvalue weighted by atomic mass is 16.7. The van der Waals surface area contributed by atoms with Gasteiger partial charge in [-0.3, -0.25) is 4.79 Å². The Hall–Kier alpha value is -1.85. The lowest BCUT2D eigenvalue weighted by molar-refractivity contribution is 0.00578. The average Bonchev–Trinajstić information content (AvgIpc) is 2.71. The second-order valence-corrected chi connectivity index (χ2v) is 7.00. The van der Waals surface area contributed by atoms with Gasteiger partial charge in [-0.2, -0.15) is 0 Å². The van der Waals surface area contributed by atoms with Gasteiger partial charge in [-0.1, -0.05) is 30.3 Å². The van der Waals surface area contributed by atoms with Crippen LogP contribution in [-0.4, -0.2) is 22.9 Å². The predicted octanol–water partition coefficient (Wildman–Crippen LogP) is 2.20. The molecule has 0 saturated carbocycles. The monoisotopic (exact) mass is 311 g/mol. The van der Waals surface area contributed by atoms with Crippen LogP contribution in [-0.2, 0) is 15.9 Å². The molecule has 2 heterocycles. The summed E-state index contributed by atoms with van der Waals surface area (Å²) in [5.41, 5.74) is 1.38. The van der Waals surface area contributed by atoms with Crippen LogP contribution in [0.4, 0.5) is 0 Å². The Labute approximate surface area is 137 Å². The van der Waals surface area contributed by atoms with E-state index >= 15 is 0 Å². The Morgan fingerprint density at radius 1 is 0.957 bits per heavy atom. The molecule has 0 atom stereocenters. The van der Waals surface area contributed by atoms with Crippen molar-refractivity contribution in [3.63, 3.8) is 0 Å². The van der Waals surface area contributed by atoms with Crippen molar-refractivity contribution in [2.24, 2.45) is 0 Å². The van der Waals surface area contributed by atoms with Crippen LogP contribution < -0.4 is 11.0 Å². The van der Waals surface area contributed by atoms with Gasteiger partial charge in [0.25, 0.3) is 5.56 Å². The normalized spacial score (nSPS) is 19.0. The van der Waals surface area contributed by atoms with Gasteiger partial charge in [0.05, 0.1) is 17.7 Å². The molecule has 23 heavy (non-hydrogen) atoms. The largest absolute Gasteiger partial charge is 0.494 e. The molecule has 3 rings (SSSR count). The van der Waals surface area contributed by atoms with Crippen molar-refractivity contribution in [1.29, 1.82) is 0 Å². The third-order valence-corrected chi connectivity index (χ3v) is 4.76. The van der Waals surface area contributed by atoms with E-state index in [9.17, 15) is 4.79 Å². The highest BCUT2D eigenvalue weighted by molar-refractivity contribution is 6.62. The summed E-state index contributed by atoms with van der Waals surface area (Å²) in [7, 11) is -0.353. The van der Waals surface area contributed by atoms with E-state index in [0.717, 1.165) is 11.0 Å². The van der Waals surface area contributed by atoms with Crippen molar-refractivity contribution in [3.05, 3.63) is 64.6 Å². The van der Waals surface area contributed by atoms with Gasteiger partial charge in [0, 0.05) is 12.3 Å². The fourth-order valence-corrected chi connectivity index (χ4v) is 2.55. The third kappa shape index (κ3) is 3.12. The molecule has 0 radical (unpaired) electrons. The van der Waals surface area contributed by atoms with Crippen LogP contribution in [0.15, 0.2) is 53.5 Å². The molecular weight excluding hydrogens is 289 g/mol. The first-order valence-electron chi connectivity index (χ1n) is 7.88. The van der Waals surface area contributed by atoms with Gasteiger partial charge in [-0.05, 0) is 44.8 Å². The third-order valence-electron chi connectivity index (χ3n) is 4.76. The van der Waals surface area contributed by atoms with Crippen molar-refractivity contribution >= 4 is 12.6 Å². The van der Waals surface area contributed by atoms with Crippen LogP contribution in [0.1, 0.15) is 33.3 Å². The molecule has 120 valence electrons. The summed E-state index contributed by atoms with van der Waals surface area (Å²) >= 11 is 0. The van der Waals surface area contributed by atoms with Crippen LogP contribution in [0.5, 0.6) is 0 Å². The molecule has 4 nitrogen and oxygen atoms in total. The average molecular weight is 311 g/mol. The minimum Gasteiger partial charge on any atom is -0.399 e. The summed E-state index contributed by atoms with van der Waals surface area (Å²) in [6, 6.07) is 13.2. The highest BCUT2D eigenvalue weighted by Crippen LogP contribution is 2.36. The molecule has 0 spiro atoms. The first kappa shape index (κ1) is 16.0. The Morgan fingerprint density at radius 2 is 1.57 bits per heavy atom. The zero-order chi connectivity index (χ0) is 16.7. The minimum atomic E-state index is -0.353. The van der Waals surface area contributed by atoms with Crippen LogP contribution in [0, 0.1) is 0 Å². The van der Waals surface area contributed by atoms with E-state index in [1.54, 1.807) is 22.9 Å². The Kier molecular flexibility index (Phi) is 3.94. The molecule has 1 aromatic heterocycles. The topological polar surface area (TPSA) is 40.5 Å². The zero-order valence-corrected chi connectivity index (χ0v) is 14.1. The maximum absolute atomic E-state index is 11.8. The van der Waals surface area contributed by atoms with Crippen molar-refractivity contribution in [2.75, 3.05) is 0 Å². The maximum atomic E-state index is 11.8. The smallest absolute Gasteiger partial charge is 0.399 e. The highest BCUT2D eigenvalue weighted by Gasteiger charge is 2.51. The zero-order valence-electron chi connectivity index (χ0n) is 14.1. The number of rotatable bonds is 3. The Balaban J connectivity index is 1.76. The van der Waals surface area contributed by atoms with Crippen LogP contribution in [0.2, 0.25) is 0 Å². The summed E-state index contributed by atoms with van der Waals surface area (Å²) in [5, 5.41) is 0. The second-order valence-electron chi connectivity index (χ2n) is 7.00. The van der Waals surface area contributed by atoms with Gasteiger partial charge in [-0.15, -0.1) is 0 Å². The fourth-order valence-electron chi connectivity index (χ4n) is 2.55. The fraction of sp³-hybridized carbons (Fsp3) is 0.389. The summed E-state index contributed by atoms with van der Waals surface area (Å²) in [4.78, 5) is 11.8. The molecular formula is C18H22BNO3. The molecule has 1 aliphatic rings. The number of nitrogens with zero attached hydrogens (tertiary/aromatic N) is 1. The first-order chi connectivity index (χ1) is 10.8. The number of aromatic nitrogens is 1. The molecule has 0 unspecified atom stereocenters. The molecule has 2 aromatic rings. The van der Waals surface area contributed by atoms with E-state index in [1.807, 2.05) is 58.0 Å². The lowest BCUT2D eigenvalue weighted by Crippen LogP contribution is -2.41. The van der Waals surface area contributed by atoms with Crippen molar-refractivity contribution in [1.82, 2.24) is 4.57 Å². The summed E-state index contributed by atoms with van der Waals surface area (Å²) in [5.74, 6) is 0. The van der Waals surface area contributed by atoms with Crippen LogP contribution in [0.3, 0.4) is 0 Å². The van der Waals surface area contributed by atoms with Crippen molar-refractivity contribution in [2.45, 2.75) is 45.4 Å². The minimum absolute atomic E-state index is 0.00235. The molecule has 5 heteroatoms. The molecule has 1 aliphatic heterocycles. The van der Waals surface area contributed by atoms with Crippen molar-refractivity contribution < 1.29 is 9.31 Å². The molecule has 0 N–H and O–H groups in total. The van der Waals surface area contributed by atoms with Gasteiger partial charge in [0.2, 0.25) is 0 Å². The predicted molar refractivity (Wildman–Crippen MR) is 92.0 cm³/mol. The lowest BCUT2D eigenvalue weighted by atomic mass is 9.79. The summed E-state index contributed by atoms with van der Waals surface area (Å²) in [6.45, 7) is 8.74. The number of benzene rings is 1. The van der Waals surface area contributed by atoms with Gasteiger partial charge in [-0.25, -0.2) is 0 Å². The van der Waals surface area contributed by atoms with E-state index in [4.69, 9.17) is 9.31 Å². The van der Waals surface area contributed by atoms with E-state index in [1.165, 1.54) is 0 Å². The SMILES string of the molecule is CC1(C)OB(c2ccc(Cn3ccccc3=O)cc2)OC1(C)C. The molecule has 1 fully saturated rings. The van der Waals surface area contributed by atoms with Crippen LogP contribution in [0.25, 0.3) is 0 Å². The van der Waals surface area contributed by atoms with E-state index < -0.39 is 0 Å². The van der Waals surface area contributed by atoms with Gasteiger partial charge in [0.1, 0.15) is 0 Å². The van der Waals surface area contributed by atoms with Crippen molar-refractivity contribution in [3.8, 4) is 0 Å². The Bertz CT molecular complexity index is 733. The molecule has 1 saturated heterocycles. The number of hydrogen-bond donors (Lipinski definition) is 0. The second kappa shape index (κ2) is 5.66. The molecule has 0 amide bonds. The number of hydrogen-bond acceptors (Lipinski definition) is 3.